The van der Waals surface area contributed by atoms with Crippen molar-refractivity contribution in [2.45, 2.75) is 38.1 Å². The molecule has 0 amide bonds. The lowest BCUT2D eigenvalue weighted by molar-refractivity contribution is -0.117. The highest BCUT2D eigenvalue weighted by Crippen LogP contribution is 2.18. The molecule has 0 aliphatic rings. The van der Waals surface area contributed by atoms with Crippen molar-refractivity contribution < 1.29 is 4.79 Å². The molecule has 0 atom stereocenters. The van der Waals surface area contributed by atoms with Crippen LogP contribution in [0.15, 0.2) is 29.2 Å². The van der Waals surface area contributed by atoms with Gasteiger partial charge in [0.25, 0.3) is 0 Å². The number of ketones is 1. The van der Waals surface area contributed by atoms with Crippen molar-refractivity contribution in [3.05, 3.63) is 29.8 Å². The van der Waals surface area contributed by atoms with Crippen molar-refractivity contribution in [3.63, 3.8) is 0 Å². The quantitative estimate of drug-likeness (QED) is 0.670. The molecule has 1 aromatic carbocycles. The molecule has 0 radical (unpaired) electrons. The van der Waals surface area contributed by atoms with Crippen LogP contribution in [0.4, 0.5) is 0 Å². The lowest BCUT2D eigenvalue weighted by Crippen LogP contribution is -2.19. The van der Waals surface area contributed by atoms with E-state index in [9.17, 15) is 4.79 Å². The number of carbonyl (C=O) groups is 1. The van der Waals surface area contributed by atoms with E-state index in [4.69, 9.17) is 0 Å². The first-order valence-electron chi connectivity index (χ1n) is 6.51. The molecule has 0 aliphatic carbocycles. The van der Waals surface area contributed by atoms with Gasteiger partial charge in [-0.25, -0.2) is 0 Å². The summed E-state index contributed by atoms with van der Waals surface area (Å²) in [6.07, 6.45) is 1.64. The van der Waals surface area contributed by atoms with Crippen molar-refractivity contribution in [3.8, 4) is 0 Å². The lowest BCUT2D eigenvalue weighted by atomic mass is 10.2. The largest absolute Gasteiger partial charge is 0.302 e. The fourth-order valence-electron chi connectivity index (χ4n) is 1.85. The molecule has 0 N–H and O–H groups in total. The van der Waals surface area contributed by atoms with Gasteiger partial charge in [-0.3, -0.25) is 0 Å². The number of rotatable bonds is 8. The highest BCUT2D eigenvalue weighted by atomic mass is 32.2. The van der Waals surface area contributed by atoms with Crippen LogP contribution in [0, 0.1) is 0 Å². The molecule has 3 heteroatoms. The Morgan fingerprint density at radius 3 is 2.50 bits per heavy atom. The standard InChI is InChI=1S/C15H23NOS/c1-4-18-15-9-7-14(8-10-15)12-16(3)11-5-6-13(2)17/h7-10H,4-6,11-12H2,1-3H3. The van der Waals surface area contributed by atoms with Gasteiger partial charge in [0, 0.05) is 17.9 Å². The fourth-order valence-corrected chi connectivity index (χ4v) is 2.51. The van der Waals surface area contributed by atoms with Gasteiger partial charge in [0.1, 0.15) is 5.78 Å². The molecule has 0 bridgehead atoms. The Labute approximate surface area is 115 Å². The first kappa shape index (κ1) is 15.3. The Morgan fingerprint density at radius 2 is 1.94 bits per heavy atom. The van der Waals surface area contributed by atoms with Crippen LogP contribution in [0.1, 0.15) is 32.3 Å². The molecule has 0 spiro atoms. The van der Waals surface area contributed by atoms with Gasteiger partial charge in [-0.1, -0.05) is 19.1 Å². The second-order valence-electron chi connectivity index (χ2n) is 4.62. The van der Waals surface area contributed by atoms with E-state index in [0.29, 0.717) is 6.42 Å². The maximum atomic E-state index is 10.9. The summed E-state index contributed by atoms with van der Waals surface area (Å²) in [5, 5.41) is 0. The molecular formula is C15H23NOS. The van der Waals surface area contributed by atoms with Gasteiger partial charge < -0.3 is 9.69 Å². The molecule has 0 unspecified atom stereocenters. The third kappa shape index (κ3) is 6.22. The minimum atomic E-state index is 0.282. The van der Waals surface area contributed by atoms with E-state index in [-0.39, 0.29) is 5.78 Å². The molecule has 0 saturated carbocycles. The predicted octanol–water partition coefficient (Wildman–Crippen LogP) is 3.60. The average molecular weight is 265 g/mol. The number of carbonyl (C=O) groups excluding carboxylic acids is 1. The molecule has 2 nitrogen and oxygen atoms in total. The number of Topliss-reactive ketones (excluding diaryl/α,β-unsaturated/α-hetero) is 1. The van der Waals surface area contributed by atoms with Gasteiger partial charge in [-0.05, 0) is 50.4 Å². The van der Waals surface area contributed by atoms with E-state index in [1.54, 1.807) is 6.92 Å². The summed E-state index contributed by atoms with van der Waals surface area (Å²) in [5.74, 6) is 1.40. The second kappa shape index (κ2) is 8.33. The molecule has 18 heavy (non-hydrogen) atoms. The highest BCUT2D eigenvalue weighted by molar-refractivity contribution is 7.99. The third-order valence-corrected chi connectivity index (χ3v) is 3.65. The van der Waals surface area contributed by atoms with Gasteiger partial charge in [0.15, 0.2) is 0 Å². The monoisotopic (exact) mass is 265 g/mol. The summed E-state index contributed by atoms with van der Waals surface area (Å²) < 4.78 is 0. The Morgan fingerprint density at radius 1 is 1.28 bits per heavy atom. The molecule has 1 aromatic rings. The van der Waals surface area contributed by atoms with E-state index < -0.39 is 0 Å². The van der Waals surface area contributed by atoms with Crippen LogP contribution in [0.25, 0.3) is 0 Å². The molecule has 0 aliphatic heterocycles. The zero-order chi connectivity index (χ0) is 13.4. The van der Waals surface area contributed by atoms with Crippen LogP contribution < -0.4 is 0 Å². The number of thioether (sulfide) groups is 1. The van der Waals surface area contributed by atoms with Crippen molar-refractivity contribution >= 4 is 17.5 Å². The van der Waals surface area contributed by atoms with Gasteiger partial charge in [0.2, 0.25) is 0 Å². The maximum absolute atomic E-state index is 10.9. The van der Waals surface area contributed by atoms with Gasteiger partial charge in [0.05, 0.1) is 0 Å². The van der Waals surface area contributed by atoms with Crippen LogP contribution in [-0.4, -0.2) is 30.0 Å². The zero-order valence-corrected chi connectivity index (χ0v) is 12.4. The number of hydrogen-bond donors (Lipinski definition) is 0. The van der Waals surface area contributed by atoms with Crippen LogP contribution in [0.5, 0.6) is 0 Å². The molecule has 0 saturated heterocycles. The molecule has 0 fully saturated rings. The molecule has 0 heterocycles. The Balaban J connectivity index is 2.34. The van der Waals surface area contributed by atoms with Crippen LogP contribution >= 0.6 is 11.8 Å². The Bertz CT molecular complexity index is 361. The van der Waals surface area contributed by atoms with Gasteiger partial charge in [-0.15, -0.1) is 11.8 Å². The minimum absolute atomic E-state index is 0.282. The summed E-state index contributed by atoms with van der Waals surface area (Å²) in [7, 11) is 2.11. The van der Waals surface area contributed by atoms with Crippen molar-refractivity contribution in [2.24, 2.45) is 0 Å². The molecular weight excluding hydrogens is 242 g/mol. The zero-order valence-electron chi connectivity index (χ0n) is 11.6. The maximum Gasteiger partial charge on any atom is 0.129 e. The summed E-state index contributed by atoms with van der Waals surface area (Å²) in [4.78, 5) is 14.5. The first-order valence-corrected chi connectivity index (χ1v) is 7.50. The SMILES string of the molecule is CCSc1ccc(CN(C)CCCC(C)=O)cc1. The van der Waals surface area contributed by atoms with Gasteiger partial charge >= 0.3 is 0 Å². The second-order valence-corrected chi connectivity index (χ2v) is 5.96. The lowest BCUT2D eigenvalue weighted by Gasteiger charge is -2.16. The summed E-state index contributed by atoms with van der Waals surface area (Å²) in [6.45, 7) is 5.76. The predicted molar refractivity (Wildman–Crippen MR) is 79.1 cm³/mol. The topological polar surface area (TPSA) is 20.3 Å². The normalized spacial score (nSPS) is 10.9. The number of hydrogen-bond acceptors (Lipinski definition) is 3. The van der Waals surface area contributed by atoms with Crippen LogP contribution in [0.2, 0.25) is 0 Å². The third-order valence-electron chi connectivity index (χ3n) is 2.76. The smallest absolute Gasteiger partial charge is 0.129 e. The number of benzene rings is 1. The minimum Gasteiger partial charge on any atom is -0.302 e. The van der Waals surface area contributed by atoms with Crippen molar-refractivity contribution in [1.82, 2.24) is 4.90 Å². The number of nitrogens with zero attached hydrogens (tertiary/aromatic N) is 1. The summed E-state index contributed by atoms with van der Waals surface area (Å²) >= 11 is 1.87. The van der Waals surface area contributed by atoms with Gasteiger partial charge in [-0.2, -0.15) is 0 Å². The fraction of sp³-hybridized carbons (Fsp3) is 0.533. The van der Waals surface area contributed by atoms with Crippen LogP contribution in [-0.2, 0) is 11.3 Å². The van der Waals surface area contributed by atoms with E-state index >= 15 is 0 Å². The Kier molecular flexibility index (Phi) is 7.06. The molecule has 0 aromatic heterocycles. The Hall–Kier alpha value is -0.800. The van der Waals surface area contributed by atoms with Crippen molar-refractivity contribution in [1.29, 1.82) is 0 Å². The van der Waals surface area contributed by atoms with Crippen molar-refractivity contribution in [2.75, 3.05) is 19.3 Å². The van der Waals surface area contributed by atoms with E-state index in [1.807, 2.05) is 11.8 Å². The van der Waals surface area contributed by atoms with E-state index in [0.717, 1.165) is 25.3 Å². The first-order chi connectivity index (χ1) is 8.61. The van der Waals surface area contributed by atoms with E-state index in [2.05, 4.69) is 43.1 Å². The summed E-state index contributed by atoms with van der Waals surface area (Å²) in [5.41, 5.74) is 1.33. The molecule has 1 rings (SSSR count). The molecule has 100 valence electrons. The highest BCUT2D eigenvalue weighted by Gasteiger charge is 2.02. The van der Waals surface area contributed by atoms with Crippen LogP contribution in [0.3, 0.4) is 0 Å². The van der Waals surface area contributed by atoms with E-state index in [1.165, 1.54) is 10.5 Å². The summed E-state index contributed by atoms with van der Waals surface area (Å²) in [6, 6.07) is 8.76. The average Bonchev–Trinajstić information content (AvgIpc) is 2.31.